The number of aliphatic carboxylic acids is 1. The summed E-state index contributed by atoms with van der Waals surface area (Å²) in [6.45, 7) is 1.36. The van der Waals surface area contributed by atoms with Gasteiger partial charge in [0.25, 0.3) is 0 Å². The van der Waals surface area contributed by atoms with Gasteiger partial charge >= 0.3 is 5.97 Å². The number of nitrogens with zero attached hydrogens (tertiary/aromatic N) is 2. The minimum atomic E-state index is -1.20. The Morgan fingerprint density at radius 3 is 2.71 bits per heavy atom. The van der Waals surface area contributed by atoms with Crippen molar-refractivity contribution in [3.05, 3.63) is 29.0 Å². The van der Waals surface area contributed by atoms with Crippen molar-refractivity contribution in [2.75, 3.05) is 6.54 Å². The van der Waals surface area contributed by atoms with Crippen molar-refractivity contribution in [2.45, 2.75) is 38.0 Å². The molecule has 9 heteroatoms. The third kappa shape index (κ3) is 4.42. The molecular formula is C15H18ClN3O5. The minimum Gasteiger partial charge on any atom is -0.480 e. The van der Waals surface area contributed by atoms with E-state index >= 15 is 0 Å². The second-order valence-electron chi connectivity index (χ2n) is 5.67. The molecule has 2 heterocycles. The van der Waals surface area contributed by atoms with Crippen LogP contribution in [0.5, 0.6) is 0 Å². The summed E-state index contributed by atoms with van der Waals surface area (Å²) in [5.74, 6) is -2.15. The van der Waals surface area contributed by atoms with Crippen LogP contribution in [-0.4, -0.2) is 62.6 Å². The summed E-state index contributed by atoms with van der Waals surface area (Å²) in [5.41, 5.74) is 0.599. The van der Waals surface area contributed by atoms with E-state index < -0.39 is 30.1 Å². The van der Waals surface area contributed by atoms with Crippen molar-refractivity contribution in [3.63, 3.8) is 0 Å². The maximum Gasteiger partial charge on any atom is 0.326 e. The fourth-order valence-corrected chi connectivity index (χ4v) is 2.75. The second kappa shape index (κ2) is 7.59. The highest BCUT2D eigenvalue weighted by Gasteiger charge is 2.38. The third-order valence-electron chi connectivity index (χ3n) is 3.83. The van der Waals surface area contributed by atoms with Crippen LogP contribution in [0.15, 0.2) is 18.3 Å². The molecule has 2 rings (SSSR count). The molecule has 0 spiro atoms. The first-order valence-corrected chi connectivity index (χ1v) is 7.74. The van der Waals surface area contributed by atoms with Crippen LogP contribution < -0.4 is 5.32 Å². The number of pyridine rings is 1. The normalized spacial score (nSPS) is 21.4. The maximum atomic E-state index is 12.3. The number of aliphatic hydroxyl groups is 1. The molecule has 0 saturated carbocycles. The van der Waals surface area contributed by atoms with Crippen molar-refractivity contribution >= 4 is 29.4 Å². The lowest BCUT2D eigenvalue weighted by atomic mass is 10.1. The largest absolute Gasteiger partial charge is 0.480 e. The van der Waals surface area contributed by atoms with Gasteiger partial charge in [-0.15, -0.1) is 0 Å². The predicted molar refractivity (Wildman–Crippen MR) is 84.3 cm³/mol. The average Bonchev–Trinajstić information content (AvgIpc) is 2.91. The van der Waals surface area contributed by atoms with E-state index in [0.29, 0.717) is 5.56 Å². The number of hydrogen-bond acceptors (Lipinski definition) is 5. The van der Waals surface area contributed by atoms with Crippen LogP contribution in [0.3, 0.4) is 0 Å². The lowest BCUT2D eigenvalue weighted by molar-refractivity contribution is -0.143. The van der Waals surface area contributed by atoms with Crippen LogP contribution in [-0.2, 0) is 20.8 Å². The van der Waals surface area contributed by atoms with E-state index in [1.54, 1.807) is 6.07 Å². The van der Waals surface area contributed by atoms with Gasteiger partial charge in [0.2, 0.25) is 11.8 Å². The number of β-amino-alcohol motifs (C(OH)–C–C–N with tert-alkyl or cyclic N) is 1. The molecule has 0 bridgehead atoms. The molecule has 1 saturated heterocycles. The van der Waals surface area contributed by atoms with Crippen molar-refractivity contribution in [1.29, 1.82) is 0 Å². The molecule has 8 nitrogen and oxygen atoms in total. The first-order valence-electron chi connectivity index (χ1n) is 7.36. The highest BCUT2D eigenvalue weighted by Crippen LogP contribution is 2.18. The fraction of sp³-hybridized carbons (Fsp3) is 0.467. The number of aromatic nitrogens is 1. The molecule has 1 aliphatic rings. The predicted octanol–water partition coefficient (Wildman–Crippen LogP) is -0.171. The Hall–Kier alpha value is -2.19. The van der Waals surface area contributed by atoms with Crippen LogP contribution in [0, 0.1) is 0 Å². The molecule has 24 heavy (non-hydrogen) atoms. The average molecular weight is 356 g/mol. The summed E-state index contributed by atoms with van der Waals surface area (Å²) in [4.78, 5) is 40.4. The van der Waals surface area contributed by atoms with Gasteiger partial charge in [0.15, 0.2) is 0 Å². The van der Waals surface area contributed by atoms with E-state index in [0.717, 1.165) is 0 Å². The van der Waals surface area contributed by atoms with Crippen LogP contribution in [0.4, 0.5) is 0 Å². The Kier molecular flexibility index (Phi) is 5.74. The van der Waals surface area contributed by atoms with E-state index in [2.05, 4.69) is 10.3 Å². The van der Waals surface area contributed by atoms with Gasteiger partial charge in [-0.1, -0.05) is 17.7 Å². The topological polar surface area (TPSA) is 120 Å². The van der Waals surface area contributed by atoms with Gasteiger partial charge in [0.05, 0.1) is 6.10 Å². The number of likely N-dealkylation sites (tertiary alicyclic amines) is 1. The molecule has 0 unspecified atom stereocenters. The molecule has 1 aromatic heterocycles. The Morgan fingerprint density at radius 2 is 2.17 bits per heavy atom. The van der Waals surface area contributed by atoms with Gasteiger partial charge < -0.3 is 20.4 Å². The standard InChI is InChI=1S/C15H18ClN3O5/c1-8(20)19-7-10(21)5-12(19)14(22)18-11(15(23)24)4-9-2-3-13(16)17-6-9/h2-3,6,10-12,21H,4-5,7H2,1H3,(H,18,22)(H,23,24)/t10-,11-,12+/m1/s1. The molecule has 0 radical (unpaired) electrons. The van der Waals surface area contributed by atoms with Crippen LogP contribution in [0.25, 0.3) is 0 Å². The summed E-state index contributed by atoms with van der Waals surface area (Å²) < 4.78 is 0. The SMILES string of the molecule is CC(=O)N1C[C@H](O)C[C@H]1C(=O)N[C@H](Cc1ccc(Cl)nc1)C(=O)O. The van der Waals surface area contributed by atoms with E-state index in [4.69, 9.17) is 11.6 Å². The summed E-state index contributed by atoms with van der Waals surface area (Å²) >= 11 is 5.68. The van der Waals surface area contributed by atoms with Gasteiger partial charge in [-0.2, -0.15) is 0 Å². The third-order valence-corrected chi connectivity index (χ3v) is 4.05. The monoisotopic (exact) mass is 355 g/mol. The summed E-state index contributed by atoms with van der Waals surface area (Å²) in [7, 11) is 0. The van der Waals surface area contributed by atoms with Gasteiger partial charge in [0.1, 0.15) is 17.2 Å². The van der Waals surface area contributed by atoms with Gasteiger partial charge in [-0.25, -0.2) is 9.78 Å². The van der Waals surface area contributed by atoms with Crippen molar-refractivity contribution < 1.29 is 24.6 Å². The van der Waals surface area contributed by atoms with Gasteiger partial charge in [0, 0.05) is 32.5 Å². The Bertz CT molecular complexity index is 637. The van der Waals surface area contributed by atoms with E-state index in [-0.39, 0.29) is 30.4 Å². The molecule has 130 valence electrons. The van der Waals surface area contributed by atoms with Crippen molar-refractivity contribution in [3.8, 4) is 0 Å². The van der Waals surface area contributed by atoms with E-state index in [9.17, 15) is 24.6 Å². The van der Waals surface area contributed by atoms with Crippen molar-refractivity contribution in [2.24, 2.45) is 0 Å². The lowest BCUT2D eigenvalue weighted by Gasteiger charge is -2.24. The highest BCUT2D eigenvalue weighted by molar-refractivity contribution is 6.29. The summed E-state index contributed by atoms with van der Waals surface area (Å²) in [6, 6.07) is 1.11. The van der Waals surface area contributed by atoms with E-state index in [1.807, 2.05) is 0 Å². The van der Waals surface area contributed by atoms with Crippen LogP contribution in [0.1, 0.15) is 18.9 Å². The molecule has 1 aliphatic heterocycles. The molecular weight excluding hydrogens is 338 g/mol. The molecule has 1 fully saturated rings. The van der Waals surface area contributed by atoms with Crippen molar-refractivity contribution in [1.82, 2.24) is 15.2 Å². The fourth-order valence-electron chi connectivity index (χ4n) is 2.64. The number of hydrogen-bond donors (Lipinski definition) is 3. The van der Waals surface area contributed by atoms with Gasteiger partial charge in [-0.05, 0) is 11.6 Å². The molecule has 1 aromatic rings. The number of amides is 2. The zero-order valence-corrected chi connectivity index (χ0v) is 13.7. The molecule has 3 N–H and O–H groups in total. The number of aliphatic hydroxyl groups excluding tert-OH is 1. The number of carboxylic acids is 1. The Labute approximate surface area is 143 Å². The maximum absolute atomic E-state index is 12.3. The van der Waals surface area contributed by atoms with Crippen LogP contribution >= 0.6 is 11.6 Å². The number of nitrogens with one attached hydrogen (secondary N) is 1. The zero-order valence-electron chi connectivity index (χ0n) is 13.0. The summed E-state index contributed by atoms with van der Waals surface area (Å²) in [6.07, 6.45) is 0.750. The smallest absolute Gasteiger partial charge is 0.326 e. The molecule has 0 aromatic carbocycles. The number of carboxylic acid groups (broad SMARTS) is 1. The quantitative estimate of drug-likeness (QED) is 0.631. The number of carbonyl (C=O) groups excluding carboxylic acids is 2. The Balaban J connectivity index is 2.06. The minimum absolute atomic E-state index is 0.0284. The molecule has 2 amide bonds. The number of carbonyl (C=O) groups is 3. The molecule has 0 aliphatic carbocycles. The summed E-state index contributed by atoms with van der Waals surface area (Å²) in [5, 5.41) is 21.7. The van der Waals surface area contributed by atoms with E-state index in [1.165, 1.54) is 24.1 Å². The second-order valence-corrected chi connectivity index (χ2v) is 6.06. The van der Waals surface area contributed by atoms with Crippen LogP contribution in [0.2, 0.25) is 5.15 Å². The molecule has 3 atom stereocenters. The number of halogens is 1. The zero-order chi connectivity index (χ0) is 17.9. The van der Waals surface area contributed by atoms with Gasteiger partial charge in [-0.3, -0.25) is 9.59 Å². The lowest BCUT2D eigenvalue weighted by Crippen LogP contribution is -2.51. The first kappa shape index (κ1) is 18.2. The first-order chi connectivity index (χ1) is 11.3. The highest BCUT2D eigenvalue weighted by atomic mass is 35.5. The Morgan fingerprint density at radius 1 is 1.46 bits per heavy atom. The number of rotatable bonds is 5.